The molecule has 0 saturated carbocycles. The van der Waals surface area contributed by atoms with Crippen LogP contribution in [0.25, 0.3) is 154 Å². The Bertz CT molecular complexity index is 8120. The molecule has 4 nitrogen and oxygen atoms in total. The topological polar surface area (TPSA) is 16.3 Å². The number of fused-ring (bicyclic) bond motifs is 16. The first kappa shape index (κ1) is 53.6. The lowest BCUT2D eigenvalue weighted by molar-refractivity contribution is 0.590. The Morgan fingerprint density at radius 3 is 1.34 bits per heavy atom. The van der Waals surface area contributed by atoms with Crippen molar-refractivity contribution in [2.24, 2.45) is 0 Å². The Morgan fingerprint density at radius 1 is 0.322 bits per heavy atom. The second-order valence-electron chi connectivity index (χ2n) is 31.2. The maximum Gasteiger partial charge on any atom is 0.252 e. The van der Waals surface area contributed by atoms with E-state index in [0.29, 0.717) is 33.9 Å². The first-order chi connectivity index (χ1) is 62.6. The van der Waals surface area contributed by atoms with Gasteiger partial charge in [-0.1, -0.05) is 348 Å². The predicted octanol–water partition coefficient (Wildman–Crippen LogP) is 27.5. The van der Waals surface area contributed by atoms with Crippen molar-refractivity contribution in [1.29, 1.82) is 0 Å². The highest BCUT2D eigenvalue weighted by atomic mass is 15.2. The molecule has 20 aromatic rings. The summed E-state index contributed by atoms with van der Waals surface area (Å²) in [6, 6.07) is 103. The largest absolute Gasteiger partial charge is 0.310 e. The van der Waals surface area contributed by atoms with E-state index in [9.17, 15) is 19.2 Å². The summed E-state index contributed by atoms with van der Waals surface area (Å²) in [6.45, 7) is 5.91. The predicted molar refractivity (Wildman–Crippen MR) is 490 cm³/mol. The van der Waals surface area contributed by atoms with Gasteiger partial charge in [-0.2, -0.15) is 0 Å². The van der Waals surface area contributed by atoms with Crippen molar-refractivity contribution >= 4 is 145 Å². The molecule has 0 bridgehead atoms. The second kappa shape index (κ2) is 26.2. The third kappa shape index (κ3) is 10.5. The Kier molecular flexibility index (Phi) is 12.2. The van der Waals surface area contributed by atoms with Gasteiger partial charge < -0.3 is 18.9 Å². The summed E-state index contributed by atoms with van der Waals surface area (Å²) in [5, 5.41) is 8.51. The minimum absolute atomic E-state index is 0.00118. The van der Waals surface area contributed by atoms with E-state index in [0.717, 1.165) is 132 Å². The van der Waals surface area contributed by atoms with Crippen molar-refractivity contribution in [3.63, 3.8) is 0 Å². The van der Waals surface area contributed by atoms with Crippen molar-refractivity contribution < 1.29 is 19.2 Å². The zero-order chi connectivity index (χ0) is 88.3. The van der Waals surface area contributed by atoms with Crippen molar-refractivity contribution in [2.45, 2.75) is 39.0 Å². The summed E-state index contributed by atoms with van der Waals surface area (Å²) < 4.78 is 143. The SMILES string of the molecule is [2H]C1=C(c2ccccc2)C([2H])C([2H])c2c1n(-c1ccc3c(c1)N(c1c(-c4ccccc4)cccc1-c1ccccc1)c1cc(C(C)(C)C)cc4c1B3c1ccc(-n3c5c([2H])c([2H])c([2H])c([2H])c5c5c([2H])c([2H])c(-c6ccccc6)c([2H])c53)cc1N4c1c(-c3cccc4c3ccc3ccccc34)cccc1-c1cccc3c1ccc1ccccc13)c1c([2H])c([2H])c([2H])c([2H])c21. The molecule has 0 N–H and O–H groups in total. The van der Waals surface area contributed by atoms with Gasteiger partial charge in [0.15, 0.2) is 0 Å². The highest BCUT2D eigenvalue weighted by Gasteiger charge is 2.47. The number of para-hydroxylation sites is 4. The van der Waals surface area contributed by atoms with Crippen LogP contribution in [0.4, 0.5) is 34.1 Å². The van der Waals surface area contributed by atoms with Gasteiger partial charge in [-0.05, 0) is 194 Å². The molecule has 2 aliphatic heterocycles. The van der Waals surface area contributed by atoms with Gasteiger partial charge in [0.1, 0.15) is 0 Å². The Hall–Kier alpha value is -14.3. The Balaban J connectivity index is 0.919. The van der Waals surface area contributed by atoms with Crippen LogP contribution in [0.2, 0.25) is 0 Å². The van der Waals surface area contributed by atoms with Crippen LogP contribution in [-0.4, -0.2) is 15.8 Å². The molecule has 2 unspecified atom stereocenters. The normalized spacial score (nSPS) is 16.2. The molecule has 0 amide bonds. The molecular weight excluding hydrogens is 1390 g/mol. The van der Waals surface area contributed by atoms with E-state index >= 15 is 0 Å². The second-order valence-corrected chi connectivity index (χ2v) is 31.2. The number of benzene rings is 18. The van der Waals surface area contributed by atoms with Crippen molar-refractivity contribution in [2.75, 3.05) is 9.80 Å². The zero-order valence-corrected chi connectivity index (χ0v) is 63.0. The summed E-state index contributed by atoms with van der Waals surface area (Å²) in [4.78, 5) is 4.82. The number of hydrogen-bond donors (Lipinski definition) is 0. The van der Waals surface area contributed by atoms with Crippen LogP contribution in [0.1, 0.15) is 68.7 Å². The molecule has 1 aliphatic carbocycles. The van der Waals surface area contributed by atoms with E-state index in [1.165, 1.54) is 0 Å². The van der Waals surface area contributed by atoms with Crippen molar-refractivity contribution in [1.82, 2.24) is 9.13 Å². The quantitative estimate of drug-likeness (QED) is 0.100. The van der Waals surface area contributed by atoms with Gasteiger partial charge in [-0.15, -0.1) is 0 Å². The smallest absolute Gasteiger partial charge is 0.252 e. The van der Waals surface area contributed by atoms with Crippen molar-refractivity contribution in [3.8, 4) is 67.0 Å². The third-order valence-electron chi connectivity index (χ3n) is 23.9. The lowest BCUT2D eigenvalue weighted by Crippen LogP contribution is -2.61. The van der Waals surface area contributed by atoms with E-state index in [2.05, 4.69) is 237 Å². The summed E-state index contributed by atoms with van der Waals surface area (Å²) in [5.41, 5.74) is 17.2. The molecule has 2 aromatic heterocycles. The number of aromatic nitrogens is 2. The van der Waals surface area contributed by atoms with Gasteiger partial charge in [-0.3, -0.25) is 0 Å². The lowest BCUT2D eigenvalue weighted by Gasteiger charge is -2.46. The van der Waals surface area contributed by atoms with Gasteiger partial charge in [-0.25, -0.2) is 0 Å². The standard InChI is InChI=1S/C110H77BN4/c1-110(2,3)78-66-105-107-106(67-78)115(109-95(87-46-25-44-85-81-38-18-16-36-74(81)52-58-89(85)87)48-27-49-96(109)88-47-26-45-86-82-39-19-17-37-75(82)53-59-90(86)88)104-69-80(113-100-51-23-21-41-92(100)94-61-55-77(65-102(94)113)71-30-10-5-11-31-71)57-63-98(104)111(107)97-62-56-79(112-99-50-22-20-40-91(99)93-60-54-76(64-101(93)112)70-28-8-4-9-29-70)68-103(97)114(105)108-83(72-32-12-6-13-33-72)42-24-43-84(108)73-34-14-7-15-35-73/h4-53,55-59,61-69H,54,60H2,1-3H3/i20D,21D,22D,23D,40D,41D,50D,51D,54D,55D,60D,61D,64D,65D. The molecule has 540 valence electrons. The van der Waals surface area contributed by atoms with Crippen LogP contribution in [0.3, 0.4) is 0 Å². The van der Waals surface area contributed by atoms with Gasteiger partial charge in [0.25, 0.3) is 6.71 Å². The number of rotatable bonds is 10. The van der Waals surface area contributed by atoms with Crippen molar-refractivity contribution in [3.05, 3.63) is 404 Å². The molecule has 0 saturated heterocycles. The van der Waals surface area contributed by atoms with Crippen LogP contribution in [0, 0.1) is 0 Å². The number of aryl methyl sites for hydroxylation is 1. The van der Waals surface area contributed by atoms with Gasteiger partial charge in [0.05, 0.1) is 50.1 Å². The zero-order valence-electron chi connectivity index (χ0n) is 77.0. The maximum absolute atomic E-state index is 10.7. The Morgan fingerprint density at radius 2 is 0.774 bits per heavy atom. The molecule has 0 fully saturated rings. The van der Waals surface area contributed by atoms with E-state index in [1.54, 1.807) is 21.3 Å². The van der Waals surface area contributed by atoms with Crippen LogP contribution >= 0.6 is 0 Å². The molecule has 0 spiro atoms. The molecule has 2 atom stereocenters. The number of hydrogen-bond acceptors (Lipinski definition) is 2. The number of nitrogens with zero attached hydrogens (tertiary/aromatic N) is 4. The average Bonchev–Trinajstić information content (AvgIpc) is 1.59. The lowest BCUT2D eigenvalue weighted by atomic mass is 9.33. The van der Waals surface area contributed by atoms with E-state index in [4.69, 9.17) is 0 Å². The first-order valence-electron chi connectivity index (χ1n) is 46.3. The fraction of sp³-hybridized carbons (Fsp3) is 0.0545. The molecular formula is C110H77BN4. The maximum atomic E-state index is 10.7. The number of allylic oxidation sites excluding steroid dienone is 1. The van der Waals surface area contributed by atoms with Crippen LogP contribution in [-0.2, 0) is 11.8 Å². The van der Waals surface area contributed by atoms with Gasteiger partial charge in [0.2, 0.25) is 0 Å². The van der Waals surface area contributed by atoms with Gasteiger partial charge >= 0.3 is 0 Å². The summed E-state index contributed by atoms with van der Waals surface area (Å²) in [6.07, 6.45) is -2.74. The summed E-state index contributed by atoms with van der Waals surface area (Å²) in [7, 11) is 0. The molecule has 0 radical (unpaired) electrons. The van der Waals surface area contributed by atoms with Gasteiger partial charge in [0, 0.05) is 75.3 Å². The number of anilines is 6. The monoisotopic (exact) mass is 1480 g/mol. The molecule has 4 heterocycles. The van der Waals surface area contributed by atoms with Crippen LogP contribution in [0.5, 0.6) is 0 Å². The average molecular weight is 1480 g/mol. The van der Waals surface area contributed by atoms with E-state index in [-0.39, 0.29) is 91.4 Å². The Labute approximate surface area is 689 Å². The fourth-order valence-corrected chi connectivity index (χ4v) is 18.6. The van der Waals surface area contributed by atoms with Crippen LogP contribution < -0.4 is 26.2 Å². The summed E-state index contributed by atoms with van der Waals surface area (Å²) in [5.74, 6) is 0. The highest BCUT2D eigenvalue weighted by Crippen LogP contribution is 2.56. The molecule has 3 aliphatic rings. The molecule has 23 rings (SSSR count). The third-order valence-corrected chi connectivity index (χ3v) is 23.9. The first-order valence-corrected chi connectivity index (χ1v) is 39.2. The summed E-state index contributed by atoms with van der Waals surface area (Å²) >= 11 is 0. The van der Waals surface area contributed by atoms with Crippen LogP contribution in [0.15, 0.2) is 382 Å². The molecule has 115 heavy (non-hydrogen) atoms. The molecule has 5 heteroatoms. The minimum atomic E-state index is -1.41. The minimum Gasteiger partial charge on any atom is -0.310 e. The fourth-order valence-electron chi connectivity index (χ4n) is 18.6. The molecule has 18 aromatic carbocycles. The van der Waals surface area contributed by atoms with E-state index < -0.39 is 61.2 Å². The van der Waals surface area contributed by atoms with E-state index in [1.807, 2.05) is 97.1 Å². The highest BCUT2D eigenvalue weighted by molar-refractivity contribution is 7.00.